The molecular weight excluding hydrogens is 480 g/mol. The Labute approximate surface area is 222 Å². The van der Waals surface area contributed by atoms with Gasteiger partial charge in [-0.3, -0.25) is 4.79 Å². The maximum Gasteiger partial charge on any atom is 0.328 e. The van der Waals surface area contributed by atoms with Crippen molar-refractivity contribution in [3.8, 4) is 17.2 Å². The number of rotatable bonds is 11. The van der Waals surface area contributed by atoms with Crippen molar-refractivity contribution in [2.24, 2.45) is 0 Å². The smallest absolute Gasteiger partial charge is 0.328 e. The Morgan fingerprint density at radius 3 is 2.34 bits per heavy atom. The number of benzene rings is 3. The van der Waals surface area contributed by atoms with Crippen LogP contribution in [-0.2, 0) is 27.2 Å². The van der Waals surface area contributed by atoms with Gasteiger partial charge in [0.25, 0.3) is 0 Å². The van der Waals surface area contributed by atoms with Crippen LogP contribution in [0.25, 0.3) is 17.5 Å². The molecule has 0 aliphatic heterocycles. The van der Waals surface area contributed by atoms with Crippen molar-refractivity contribution in [3.63, 3.8) is 0 Å². The molecule has 0 bridgehead atoms. The van der Waals surface area contributed by atoms with Gasteiger partial charge in [-0.2, -0.15) is 0 Å². The third-order valence-electron chi connectivity index (χ3n) is 5.91. The first kappa shape index (κ1) is 26.4. The van der Waals surface area contributed by atoms with Crippen LogP contribution >= 0.6 is 0 Å². The first-order valence-electron chi connectivity index (χ1n) is 12.4. The summed E-state index contributed by atoms with van der Waals surface area (Å²) in [4.78, 5) is 29.3. The van der Waals surface area contributed by atoms with E-state index in [1.54, 1.807) is 6.08 Å². The average Bonchev–Trinajstić information content (AvgIpc) is 3.33. The van der Waals surface area contributed by atoms with E-state index in [1.165, 1.54) is 13.2 Å². The summed E-state index contributed by atoms with van der Waals surface area (Å²) in [5, 5.41) is 2.73. The van der Waals surface area contributed by atoms with Gasteiger partial charge in [0.05, 0.1) is 19.4 Å². The summed E-state index contributed by atoms with van der Waals surface area (Å²) < 4.78 is 16.6. The molecule has 0 aliphatic carbocycles. The molecule has 0 fully saturated rings. The highest BCUT2D eigenvalue weighted by molar-refractivity contribution is 5.94. The Balaban J connectivity index is 1.30. The van der Waals surface area contributed by atoms with Crippen LogP contribution in [0.5, 0.6) is 5.75 Å². The Morgan fingerprint density at radius 1 is 0.974 bits per heavy atom. The van der Waals surface area contributed by atoms with E-state index in [4.69, 9.17) is 13.9 Å². The van der Waals surface area contributed by atoms with Gasteiger partial charge in [0.2, 0.25) is 11.8 Å². The second-order valence-electron chi connectivity index (χ2n) is 8.66. The van der Waals surface area contributed by atoms with Crippen LogP contribution in [-0.4, -0.2) is 36.6 Å². The number of nitrogens with zero attached hydrogens (tertiary/aromatic N) is 1. The third-order valence-corrected chi connectivity index (χ3v) is 5.91. The Hall–Kier alpha value is -4.65. The summed E-state index contributed by atoms with van der Waals surface area (Å²) in [6, 6.07) is 25.8. The van der Waals surface area contributed by atoms with Gasteiger partial charge in [-0.15, -0.1) is 0 Å². The topological polar surface area (TPSA) is 90.7 Å². The molecule has 1 amide bonds. The molecule has 0 saturated carbocycles. The zero-order chi connectivity index (χ0) is 26.7. The van der Waals surface area contributed by atoms with Crippen molar-refractivity contribution in [1.29, 1.82) is 0 Å². The van der Waals surface area contributed by atoms with Crippen LogP contribution in [0.1, 0.15) is 22.6 Å². The number of amides is 1. The third kappa shape index (κ3) is 7.43. The van der Waals surface area contributed by atoms with Gasteiger partial charge in [0.15, 0.2) is 0 Å². The minimum atomic E-state index is -0.811. The second kappa shape index (κ2) is 13.1. The molecule has 1 N–H and O–H groups in total. The van der Waals surface area contributed by atoms with Crippen LogP contribution in [0.3, 0.4) is 0 Å². The fourth-order valence-corrected chi connectivity index (χ4v) is 3.88. The number of oxazole rings is 1. The van der Waals surface area contributed by atoms with E-state index in [2.05, 4.69) is 10.3 Å². The van der Waals surface area contributed by atoms with Crippen molar-refractivity contribution in [3.05, 3.63) is 114 Å². The maximum atomic E-state index is 12.4. The molecule has 0 unspecified atom stereocenters. The summed E-state index contributed by atoms with van der Waals surface area (Å²) in [5.74, 6) is 1.19. The van der Waals surface area contributed by atoms with Crippen molar-refractivity contribution in [2.45, 2.75) is 25.8 Å². The van der Waals surface area contributed by atoms with Crippen molar-refractivity contribution in [1.82, 2.24) is 10.3 Å². The minimum Gasteiger partial charge on any atom is -0.493 e. The molecule has 7 nitrogen and oxygen atoms in total. The number of hydrogen-bond acceptors (Lipinski definition) is 6. The summed E-state index contributed by atoms with van der Waals surface area (Å²) in [6.07, 6.45) is 4.00. The molecule has 7 heteroatoms. The van der Waals surface area contributed by atoms with Crippen molar-refractivity contribution in [2.75, 3.05) is 13.7 Å². The molecule has 0 saturated heterocycles. The van der Waals surface area contributed by atoms with Crippen LogP contribution in [0.2, 0.25) is 0 Å². The lowest BCUT2D eigenvalue weighted by Crippen LogP contribution is -2.42. The quantitative estimate of drug-likeness (QED) is 0.221. The normalized spacial score (nSPS) is 11.7. The zero-order valence-corrected chi connectivity index (χ0v) is 21.4. The monoisotopic (exact) mass is 510 g/mol. The summed E-state index contributed by atoms with van der Waals surface area (Å²) in [7, 11) is 1.30. The lowest BCUT2D eigenvalue weighted by Gasteiger charge is -2.16. The largest absolute Gasteiger partial charge is 0.493 e. The van der Waals surface area contributed by atoms with Gasteiger partial charge in [0, 0.05) is 24.5 Å². The number of aryl methyl sites for hydroxylation is 1. The van der Waals surface area contributed by atoms with E-state index in [-0.39, 0.29) is 12.3 Å². The number of carbonyl (C=O) groups excluding carboxylic acids is 2. The number of esters is 1. The van der Waals surface area contributed by atoms with Gasteiger partial charge in [0.1, 0.15) is 17.6 Å². The van der Waals surface area contributed by atoms with Crippen LogP contribution < -0.4 is 10.1 Å². The predicted octanol–water partition coefficient (Wildman–Crippen LogP) is 5.19. The molecule has 0 aliphatic rings. The molecule has 1 heterocycles. The van der Waals surface area contributed by atoms with Crippen LogP contribution in [0.15, 0.2) is 95.4 Å². The summed E-state index contributed by atoms with van der Waals surface area (Å²) in [6.45, 7) is 2.34. The van der Waals surface area contributed by atoms with E-state index >= 15 is 0 Å². The van der Waals surface area contributed by atoms with Gasteiger partial charge in [-0.1, -0.05) is 60.7 Å². The number of carbonyl (C=O) groups is 2. The number of ether oxygens (including phenoxy) is 2. The van der Waals surface area contributed by atoms with E-state index < -0.39 is 12.0 Å². The minimum absolute atomic E-state index is 0.290. The molecule has 4 aromatic rings. The lowest BCUT2D eigenvalue weighted by molar-refractivity contribution is -0.144. The summed E-state index contributed by atoms with van der Waals surface area (Å²) >= 11 is 0. The number of hydrogen-bond donors (Lipinski definition) is 1. The highest BCUT2D eigenvalue weighted by Crippen LogP contribution is 2.22. The molecule has 4 rings (SSSR count). The molecular formula is C31H30N2O5. The molecule has 194 valence electrons. The van der Waals surface area contributed by atoms with E-state index in [0.717, 1.165) is 28.1 Å². The first-order chi connectivity index (χ1) is 18.5. The number of nitrogens with one attached hydrogen (secondary N) is 1. The van der Waals surface area contributed by atoms with Crippen molar-refractivity contribution < 1.29 is 23.5 Å². The molecule has 0 radical (unpaired) electrons. The molecule has 0 spiro atoms. The van der Waals surface area contributed by atoms with E-state index in [9.17, 15) is 9.59 Å². The predicted molar refractivity (Wildman–Crippen MR) is 145 cm³/mol. The van der Waals surface area contributed by atoms with E-state index in [1.807, 2.05) is 91.9 Å². The van der Waals surface area contributed by atoms with E-state index in [0.29, 0.717) is 24.7 Å². The highest BCUT2D eigenvalue weighted by Gasteiger charge is 2.21. The Kier molecular flexibility index (Phi) is 9.07. The Morgan fingerprint density at radius 2 is 1.66 bits per heavy atom. The highest BCUT2D eigenvalue weighted by atomic mass is 16.5. The molecule has 1 aromatic heterocycles. The molecule has 38 heavy (non-hydrogen) atoms. The fraction of sp³-hybridized carbons (Fsp3) is 0.194. The number of aromatic nitrogens is 1. The Bertz CT molecular complexity index is 1360. The fourth-order valence-electron chi connectivity index (χ4n) is 3.88. The van der Waals surface area contributed by atoms with Gasteiger partial charge in [-0.05, 0) is 48.4 Å². The molecule has 1 atom stereocenters. The zero-order valence-electron chi connectivity index (χ0n) is 21.4. The SMILES string of the molecule is COC(=O)[C@H](Cc1ccc(OCCc2nc(-c3ccccc3)oc2C)cc1)NC(=O)C=Cc1ccccc1. The summed E-state index contributed by atoms with van der Waals surface area (Å²) in [5.41, 5.74) is 3.55. The van der Waals surface area contributed by atoms with Crippen LogP contribution in [0.4, 0.5) is 0 Å². The second-order valence-corrected chi connectivity index (χ2v) is 8.66. The lowest BCUT2D eigenvalue weighted by atomic mass is 10.1. The number of methoxy groups -OCH3 is 1. The van der Waals surface area contributed by atoms with Gasteiger partial charge < -0.3 is 19.2 Å². The van der Waals surface area contributed by atoms with Crippen molar-refractivity contribution >= 4 is 18.0 Å². The maximum absolute atomic E-state index is 12.4. The molecule has 3 aromatic carbocycles. The first-order valence-corrected chi connectivity index (χ1v) is 12.4. The van der Waals surface area contributed by atoms with Gasteiger partial charge >= 0.3 is 5.97 Å². The van der Waals surface area contributed by atoms with Crippen LogP contribution in [0, 0.1) is 6.92 Å². The van der Waals surface area contributed by atoms with Gasteiger partial charge in [-0.25, -0.2) is 9.78 Å². The average molecular weight is 511 g/mol. The standard InChI is InChI=1S/C31H30N2O5/c1-22-27(33-30(38-22)25-11-7-4-8-12-25)19-20-37-26-16-13-24(14-17-26)21-28(31(35)36-2)32-29(34)18-15-23-9-5-3-6-10-23/h3-18,28H,19-21H2,1-2H3,(H,32,34)/t28-/m0/s1.